The second-order valence-electron chi connectivity index (χ2n) is 8.05. The van der Waals surface area contributed by atoms with E-state index in [0.717, 1.165) is 24.8 Å². The summed E-state index contributed by atoms with van der Waals surface area (Å²) in [5.41, 5.74) is -0.0415. The highest BCUT2D eigenvalue weighted by molar-refractivity contribution is 5.97. The molecule has 2 saturated carbocycles. The summed E-state index contributed by atoms with van der Waals surface area (Å²) in [6.45, 7) is 4.03. The number of carbonyl (C=O) groups excluding carboxylic acids is 2. The average Bonchev–Trinajstić information content (AvgIpc) is 2.78. The van der Waals surface area contributed by atoms with Gasteiger partial charge in [-0.2, -0.15) is 0 Å². The molecule has 4 aliphatic rings. The Morgan fingerprint density at radius 3 is 2.73 bits per heavy atom. The van der Waals surface area contributed by atoms with Gasteiger partial charge in [0, 0.05) is 23.2 Å². The molecule has 3 heteroatoms. The minimum absolute atomic E-state index is 0.0453. The Hall–Kier alpha value is -1.25. The van der Waals surface area contributed by atoms with E-state index in [1.165, 1.54) is 0 Å². The number of alkyl halides is 1. The number of allylic oxidation sites excluding steroid dienone is 4. The fourth-order valence-electron chi connectivity index (χ4n) is 5.80. The van der Waals surface area contributed by atoms with E-state index >= 15 is 0 Å². The first-order valence-corrected chi connectivity index (χ1v) is 8.49. The molecule has 2 nitrogen and oxygen atoms in total. The lowest BCUT2D eigenvalue weighted by Crippen LogP contribution is -2.55. The monoisotopic (exact) mass is 302 g/mol. The molecule has 118 valence electrons. The van der Waals surface area contributed by atoms with Gasteiger partial charge in [0.15, 0.2) is 5.78 Å². The minimum atomic E-state index is -0.925. The summed E-state index contributed by atoms with van der Waals surface area (Å²) in [6, 6.07) is 0. The molecule has 0 heterocycles. The van der Waals surface area contributed by atoms with E-state index in [4.69, 9.17) is 0 Å². The molecule has 0 aromatic carbocycles. The fourth-order valence-corrected chi connectivity index (χ4v) is 5.80. The molecule has 0 N–H and O–H groups in total. The van der Waals surface area contributed by atoms with Crippen molar-refractivity contribution in [3.05, 3.63) is 23.8 Å². The van der Waals surface area contributed by atoms with Crippen LogP contribution in [0.2, 0.25) is 0 Å². The molecule has 6 atom stereocenters. The zero-order valence-electron chi connectivity index (χ0n) is 13.3. The van der Waals surface area contributed by atoms with Crippen LogP contribution in [0.15, 0.2) is 23.8 Å². The quantitative estimate of drug-likeness (QED) is 0.682. The minimum Gasteiger partial charge on any atom is -0.299 e. The van der Waals surface area contributed by atoms with Crippen molar-refractivity contribution in [1.29, 1.82) is 0 Å². The van der Waals surface area contributed by atoms with E-state index in [1.807, 2.05) is 26.0 Å². The van der Waals surface area contributed by atoms with Gasteiger partial charge in [-0.25, -0.2) is 4.39 Å². The second kappa shape index (κ2) is 4.39. The van der Waals surface area contributed by atoms with Gasteiger partial charge in [0.25, 0.3) is 0 Å². The third kappa shape index (κ3) is 1.55. The smallest absolute Gasteiger partial charge is 0.159 e. The molecule has 0 aromatic heterocycles. The summed E-state index contributed by atoms with van der Waals surface area (Å²) < 4.78 is 14.8. The molecule has 0 bridgehead atoms. The van der Waals surface area contributed by atoms with Gasteiger partial charge in [-0.05, 0) is 49.2 Å². The number of hydrogen-bond donors (Lipinski definition) is 0. The van der Waals surface area contributed by atoms with Gasteiger partial charge in [-0.15, -0.1) is 0 Å². The Balaban J connectivity index is 1.83. The van der Waals surface area contributed by atoms with Crippen LogP contribution >= 0.6 is 0 Å². The lowest BCUT2D eigenvalue weighted by molar-refractivity contribution is -0.140. The summed E-state index contributed by atoms with van der Waals surface area (Å²) in [7, 11) is 0. The van der Waals surface area contributed by atoms with Crippen LogP contribution in [0.3, 0.4) is 0 Å². The highest BCUT2D eigenvalue weighted by Crippen LogP contribution is 2.62. The van der Waals surface area contributed by atoms with Crippen molar-refractivity contribution in [2.45, 2.75) is 52.1 Å². The van der Waals surface area contributed by atoms with Crippen LogP contribution in [0.1, 0.15) is 46.0 Å². The maximum Gasteiger partial charge on any atom is 0.159 e. The van der Waals surface area contributed by atoms with E-state index in [1.54, 1.807) is 6.08 Å². The highest BCUT2D eigenvalue weighted by Gasteiger charge is 2.62. The van der Waals surface area contributed by atoms with Crippen molar-refractivity contribution in [2.75, 3.05) is 0 Å². The Morgan fingerprint density at radius 2 is 1.95 bits per heavy atom. The number of halogens is 1. The van der Waals surface area contributed by atoms with Crippen LogP contribution in [0.4, 0.5) is 4.39 Å². The van der Waals surface area contributed by atoms with Crippen molar-refractivity contribution in [3.63, 3.8) is 0 Å². The first kappa shape index (κ1) is 14.3. The lowest BCUT2D eigenvalue weighted by Gasteiger charge is -2.55. The summed E-state index contributed by atoms with van der Waals surface area (Å²) in [6.07, 6.45) is 7.96. The second-order valence-corrected chi connectivity index (χ2v) is 8.05. The van der Waals surface area contributed by atoms with Gasteiger partial charge < -0.3 is 0 Å². The van der Waals surface area contributed by atoms with Crippen molar-refractivity contribution in [3.8, 4) is 0 Å². The predicted octanol–water partition coefficient (Wildman–Crippen LogP) is 3.81. The standard InChI is InChI=1S/C19H23FO2/c1-18-9-8-13-17(12(18)6-7-16(18)22)14(21)10-11-4-3-5-15(20)19(11,13)2/h3-4,10,12-13,15,17H,5-9H2,1-2H3/t12-,13-,15?,17-,18-,19-/m0/s1. The zero-order chi connectivity index (χ0) is 15.7. The van der Waals surface area contributed by atoms with Crippen LogP contribution in [-0.4, -0.2) is 17.7 Å². The summed E-state index contributed by atoms with van der Waals surface area (Å²) in [5.74, 6) is 0.428. The first-order valence-electron chi connectivity index (χ1n) is 8.49. The number of ketones is 2. The fraction of sp³-hybridized carbons (Fsp3) is 0.684. The molecule has 0 aliphatic heterocycles. The average molecular weight is 302 g/mol. The molecule has 4 aliphatic carbocycles. The van der Waals surface area contributed by atoms with Crippen molar-refractivity contribution in [2.24, 2.45) is 28.6 Å². The van der Waals surface area contributed by atoms with Crippen LogP contribution < -0.4 is 0 Å². The van der Waals surface area contributed by atoms with Gasteiger partial charge in [0.1, 0.15) is 12.0 Å². The molecule has 0 amide bonds. The van der Waals surface area contributed by atoms with Crippen LogP contribution in [0.5, 0.6) is 0 Å². The molecule has 2 fully saturated rings. The maximum absolute atomic E-state index is 14.8. The normalized spacial score (nSPS) is 50.2. The Labute approximate surface area is 130 Å². The van der Waals surface area contributed by atoms with Crippen LogP contribution in [-0.2, 0) is 9.59 Å². The molecular formula is C19H23FO2. The van der Waals surface area contributed by atoms with E-state index in [9.17, 15) is 14.0 Å². The van der Waals surface area contributed by atoms with Gasteiger partial charge in [0.2, 0.25) is 0 Å². The topological polar surface area (TPSA) is 34.1 Å². The first-order chi connectivity index (χ1) is 10.4. The number of fused-ring (bicyclic) bond motifs is 5. The lowest BCUT2D eigenvalue weighted by atomic mass is 9.48. The van der Waals surface area contributed by atoms with E-state index in [0.29, 0.717) is 18.6 Å². The Morgan fingerprint density at radius 1 is 1.18 bits per heavy atom. The Kier molecular flexibility index (Phi) is 2.87. The molecule has 0 aromatic rings. The molecule has 1 unspecified atom stereocenters. The van der Waals surface area contributed by atoms with Gasteiger partial charge in [0.05, 0.1) is 0 Å². The number of rotatable bonds is 0. The van der Waals surface area contributed by atoms with E-state index in [-0.39, 0.29) is 29.0 Å². The molecule has 0 spiro atoms. The van der Waals surface area contributed by atoms with Gasteiger partial charge in [-0.1, -0.05) is 26.0 Å². The third-order valence-electron chi connectivity index (χ3n) is 7.29. The molecule has 4 rings (SSSR count). The highest BCUT2D eigenvalue weighted by atomic mass is 19.1. The van der Waals surface area contributed by atoms with Gasteiger partial charge >= 0.3 is 0 Å². The summed E-state index contributed by atoms with van der Waals surface area (Å²) >= 11 is 0. The third-order valence-corrected chi connectivity index (χ3v) is 7.29. The molecule has 0 saturated heterocycles. The zero-order valence-corrected chi connectivity index (χ0v) is 13.3. The molecule has 22 heavy (non-hydrogen) atoms. The number of carbonyl (C=O) groups is 2. The SMILES string of the molecule is C[C@]12CC[C@H]3[C@@H](C(=O)C=C4C=CCC(F)[C@@]43C)[C@@H]1CCC2=O. The van der Waals surface area contributed by atoms with Crippen molar-refractivity contribution >= 4 is 11.6 Å². The van der Waals surface area contributed by atoms with Crippen molar-refractivity contribution < 1.29 is 14.0 Å². The Bertz CT molecular complexity index is 619. The maximum atomic E-state index is 14.8. The van der Waals surface area contributed by atoms with Crippen LogP contribution in [0, 0.1) is 28.6 Å². The molecular weight excluding hydrogens is 279 g/mol. The van der Waals surface area contributed by atoms with Gasteiger partial charge in [-0.3, -0.25) is 9.59 Å². The van der Waals surface area contributed by atoms with E-state index in [2.05, 4.69) is 0 Å². The summed E-state index contributed by atoms with van der Waals surface area (Å²) in [5, 5.41) is 0. The van der Waals surface area contributed by atoms with E-state index < -0.39 is 11.6 Å². The number of hydrogen-bond acceptors (Lipinski definition) is 2. The largest absolute Gasteiger partial charge is 0.299 e. The predicted molar refractivity (Wildman–Crippen MR) is 81.9 cm³/mol. The number of Topliss-reactive ketones (excluding diaryl/α,β-unsaturated/α-hetero) is 1. The molecule has 0 radical (unpaired) electrons. The summed E-state index contributed by atoms with van der Waals surface area (Å²) in [4.78, 5) is 25.1. The van der Waals surface area contributed by atoms with Crippen LogP contribution in [0.25, 0.3) is 0 Å². The van der Waals surface area contributed by atoms with Crippen molar-refractivity contribution in [1.82, 2.24) is 0 Å².